The first-order valence-electron chi connectivity index (χ1n) is 6.71. The van der Waals surface area contributed by atoms with E-state index in [2.05, 4.69) is 29.2 Å². The van der Waals surface area contributed by atoms with Gasteiger partial charge < -0.3 is 5.32 Å². The van der Waals surface area contributed by atoms with Crippen LogP contribution in [0.15, 0.2) is 6.33 Å². The van der Waals surface area contributed by atoms with Crippen molar-refractivity contribution < 1.29 is 0 Å². The number of hydrogen-bond donors (Lipinski definition) is 1. The Bertz CT molecular complexity index is 337. The number of rotatable bonds is 4. The van der Waals surface area contributed by atoms with Crippen LogP contribution in [0.5, 0.6) is 0 Å². The van der Waals surface area contributed by atoms with Gasteiger partial charge in [-0.2, -0.15) is 5.10 Å². The lowest BCUT2D eigenvalue weighted by Crippen LogP contribution is -2.37. The molecule has 0 aromatic carbocycles. The van der Waals surface area contributed by atoms with Crippen LogP contribution in [-0.4, -0.2) is 27.4 Å². The normalized spacial score (nSPS) is 29.5. The molecule has 1 N–H and O–H groups in total. The molecule has 2 atom stereocenters. The minimum absolute atomic E-state index is 0.692. The maximum atomic E-state index is 4.29. The van der Waals surface area contributed by atoms with Crippen molar-refractivity contribution in [2.24, 2.45) is 18.9 Å². The Kier molecular flexibility index (Phi) is 4.15. The number of hydrogen-bond acceptors (Lipinski definition) is 3. The summed E-state index contributed by atoms with van der Waals surface area (Å²) in [6.45, 7) is 5.73. The second-order valence-corrected chi connectivity index (χ2v) is 5.65. The van der Waals surface area contributed by atoms with Crippen LogP contribution < -0.4 is 5.32 Å². The van der Waals surface area contributed by atoms with Crippen molar-refractivity contribution in [3.63, 3.8) is 0 Å². The lowest BCUT2D eigenvalue weighted by molar-refractivity contribution is 0.240. The molecule has 1 aliphatic carbocycles. The van der Waals surface area contributed by atoms with Crippen molar-refractivity contribution in [1.82, 2.24) is 20.1 Å². The third kappa shape index (κ3) is 3.80. The van der Waals surface area contributed by atoms with Gasteiger partial charge in [0.1, 0.15) is 6.33 Å². The summed E-state index contributed by atoms with van der Waals surface area (Å²) in [5, 5.41) is 7.94. The van der Waals surface area contributed by atoms with Gasteiger partial charge in [0.15, 0.2) is 5.82 Å². The van der Waals surface area contributed by atoms with Crippen molar-refractivity contribution in [3.8, 4) is 0 Å². The first-order chi connectivity index (χ1) is 8.13. The maximum Gasteiger partial charge on any atom is 0.151 e. The van der Waals surface area contributed by atoms with Crippen LogP contribution >= 0.6 is 0 Å². The predicted octanol–water partition coefficient (Wildman–Crippen LogP) is 1.77. The monoisotopic (exact) mass is 236 g/mol. The highest BCUT2D eigenvalue weighted by atomic mass is 15.3. The Balaban J connectivity index is 1.71. The molecule has 0 aliphatic heterocycles. The summed E-state index contributed by atoms with van der Waals surface area (Å²) in [4.78, 5) is 4.24. The Hall–Kier alpha value is -0.900. The summed E-state index contributed by atoms with van der Waals surface area (Å²) in [5.74, 6) is 2.67. The van der Waals surface area contributed by atoms with E-state index >= 15 is 0 Å². The molecule has 0 radical (unpaired) electrons. The average Bonchev–Trinajstić information content (AvgIpc) is 2.63. The molecular formula is C13H24N4. The van der Waals surface area contributed by atoms with Crippen LogP contribution in [0.2, 0.25) is 0 Å². The zero-order valence-corrected chi connectivity index (χ0v) is 11.2. The fraction of sp³-hybridized carbons (Fsp3) is 0.846. The Labute approximate surface area is 104 Å². The molecule has 1 saturated carbocycles. The summed E-state index contributed by atoms with van der Waals surface area (Å²) >= 11 is 0. The smallest absolute Gasteiger partial charge is 0.151 e. The molecule has 0 spiro atoms. The van der Waals surface area contributed by atoms with E-state index in [9.17, 15) is 0 Å². The van der Waals surface area contributed by atoms with Crippen LogP contribution in [0.1, 0.15) is 38.9 Å². The van der Waals surface area contributed by atoms with Crippen molar-refractivity contribution in [1.29, 1.82) is 0 Å². The van der Waals surface area contributed by atoms with Gasteiger partial charge in [-0.15, -0.1) is 0 Å². The highest BCUT2D eigenvalue weighted by Gasteiger charge is 2.23. The van der Waals surface area contributed by atoms with E-state index in [1.165, 1.54) is 19.3 Å². The summed E-state index contributed by atoms with van der Waals surface area (Å²) in [7, 11) is 1.91. The van der Waals surface area contributed by atoms with Gasteiger partial charge in [-0.1, -0.05) is 13.8 Å². The topological polar surface area (TPSA) is 42.7 Å². The van der Waals surface area contributed by atoms with Gasteiger partial charge in [0.25, 0.3) is 0 Å². The molecule has 1 heterocycles. The molecular weight excluding hydrogens is 212 g/mol. The molecule has 0 amide bonds. The maximum absolute atomic E-state index is 4.29. The fourth-order valence-electron chi connectivity index (χ4n) is 3.00. The highest BCUT2D eigenvalue weighted by Crippen LogP contribution is 2.28. The van der Waals surface area contributed by atoms with E-state index in [1.54, 1.807) is 11.0 Å². The zero-order valence-electron chi connectivity index (χ0n) is 11.2. The second-order valence-electron chi connectivity index (χ2n) is 5.65. The Morgan fingerprint density at radius 1 is 1.29 bits per heavy atom. The molecule has 17 heavy (non-hydrogen) atoms. The minimum atomic E-state index is 0.692. The van der Waals surface area contributed by atoms with Crippen LogP contribution in [0, 0.1) is 11.8 Å². The van der Waals surface area contributed by atoms with Gasteiger partial charge in [-0.3, -0.25) is 4.68 Å². The van der Waals surface area contributed by atoms with E-state index in [0.717, 1.165) is 30.6 Å². The first-order valence-corrected chi connectivity index (χ1v) is 6.71. The standard InChI is InChI=1S/C13H24N4/c1-10-6-11(2)8-12(7-10)14-5-4-13-15-9-17(3)16-13/h9-12,14H,4-8H2,1-3H3. The van der Waals surface area contributed by atoms with E-state index in [0.29, 0.717) is 6.04 Å². The van der Waals surface area contributed by atoms with Gasteiger partial charge >= 0.3 is 0 Å². The molecule has 2 rings (SSSR count). The molecule has 4 nitrogen and oxygen atoms in total. The fourth-order valence-corrected chi connectivity index (χ4v) is 3.00. The van der Waals surface area contributed by atoms with Gasteiger partial charge in [-0.25, -0.2) is 4.98 Å². The van der Waals surface area contributed by atoms with Gasteiger partial charge in [0.2, 0.25) is 0 Å². The molecule has 1 aromatic heterocycles. The first kappa shape index (κ1) is 12.6. The Morgan fingerprint density at radius 2 is 2.00 bits per heavy atom. The third-order valence-electron chi connectivity index (χ3n) is 3.61. The van der Waals surface area contributed by atoms with Crippen molar-refractivity contribution in [2.75, 3.05) is 6.54 Å². The molecule has 1 fully saturated rings. The lowest BCUT2D eigenvalue weighted by atomic mass is 9.80. The van der Waals surface area contributed by atoms with E-state index in [1.807, 2.05) is 7.05 Å². The summed E-state index contributed by atoms with van der Waals surface area (Å²) in [5.41, 5.74) is 0. The molecule has 1 aliphatic rings. The van der Waals surface area contributed by atoms with E-state index < -0.39 is 0 Å². The molecule has 1 aromatic rings. The zero-order chi connectivity index (χ0) is 12.3. The van der Waals surface area contributed by atoms with Crippen molar-refractivity contribution in [3.05, 3.63) is 12.2 Å². The summed E-state index contributed by atoms with van der Waals surface area (Å²) < 4.78 is 1.76. The summed E-state index contributed by atoms with van der Waals surface area (Å²) in [6.07, 6.45) is 6.72. The largest absolute Gasteiger partial charge is 0.314 e. The minimum Gasteiger partial charge on any atom is -0.314 e. The van der Waals surface area contributed by atoms with Crippen LogP contribution in [-0.2, 0) is 13.5 Å². The number of nitrogens with one attached hydrogen (secondary N) is 1. The van der Waals surface area contributed by atoms with Crippen molar-refractivity contribution >= 4 is 0 Å². The van der Waals surface area contributed by atoms with Crippen molar-refractivity contribution in [2.45, 2.75) is 45.6 Å². The van der Waals surface area contributed by atoms with Crippen LogP contribution in [0.4, 0.5) is 0 Å². The lowest BCUT2D eigenvalue weighted by Gasteiger charge is -2.32. The van der Waals surface area contributed by atoms with Gasteiger partial charge in [-0.05, 0) is 31.1 Å². The molecule has 0 saturated heterocycles. The molecule has 4 heteroatoms. The predicted molar refractivity (Wildman–Crippen MR) is 68.7 cm³/mol. The average molecular weight is 236 g/mol. The SMILES string of the molecule is CC1CC(C)CC(NCCc2ncn(C)n2)C1. The van der Waals surface area contributed by atoms with E-state index in [-0.39, 0.29) is 0 Å². The Morgan fingerprint density at radius 3 is 2.59 bits per heavy atom. The van der Waals surface area contributed by atoms with Crippen LogP contribution in [0.3, 0.4) is 0 Å². The summed E-state index contributed by atoms with van der Waals surface area (Å²) in [6, 6.07) is 0.692. The number of aryl methyl sites for hydroxylation is 1. The second kappa shape index (κ2) is 5.63. The quantitative estimate of drug-likeness (QED) is 0.866. The van der Waals surface area contributed by atoms with Gasteiger partial charge in [0, 0.05) is 26.1 Å². The number of aromatic nitrogens is 3. The van der Waals surface area contributed by atoms with Crippen LogP contribution in [0.25, 0.3) is 0 Å². The molecule has 0 bridgehead atoms. The number of nitrogens with zero attached hydrogens (tertiary/aromatic N) is 3. The third-order valence-corrected chi connectivity index (χ3v) is 3.61. The molecule has 96 valence electrons. The van der Waals surface area contributed by atoms with Gasteiger partial charge in [0.05, 0.1) is 0 Å². The molecule has 2 unspecified atom stereocenters. The van der Waals surface area contributed by atoms with E-state index in [4.69, 9.17) is 0 Å². The highest BCUT2D eigenvalue weighted by molar-refractivity contribution is 4.84.